The van der Waals surface area contributed by atoms with E-state index >= 15 is 0 Å². The molecule has 1 saturated heterocycles. The van der Waals surface area contributed by atoms with Crippen molar-refractivity contribution in [1.82, 2.24) is 5.32 Å². The Morgan fingerprint density at radius 1 is 1.50 bits per heavy atom. The van der Waals surface area contributed by atoms with Gasteiger partial charge >= 0.3 is 0 Å². The lowest BCUT2D eigenvalue weighted by molar-refractivity contribution is 0.0465. The van der Waals surface area contributed by atoms with Gasteiger partial charge in [-0.15, -0.1) is 0 Å². The van der Waals surface area contributed by atoms with Crippen molar-refractivity contribution in [2.45, 2.75) is 32.2 Å². The average molecular weight is 169 g/mol. The molecule has 1 aliphatic heterocycles. The van der Waals surface area contributed by atoms with E-state index in [2.05, 4.69) is 25.7 Å². The molecule has 2 heteroatoms. The number of rotatable bonds is 3. The van der Waals surface area contributed by atoms with E-state index in [1.165, 1.54) is 5.57 Å². The second-order valence-electron chi connectivity index (χ2n) is 3.98. The molecular formula is C10H19NO. The lowest BCUT2D eigenvalue weighted by Gasteiger charge is -2.34. The quantitative estimate of drug-likeness (QED) is 0.649. The number of ether oxygens (including phenoxy) is 1. The zero-order valence-electron chi connectivity index (χ0n) is 8.15. The highest BCUT2D eigenvalue weighted by molar-refractivity contribution is 4.95. The van der Waals surface area contributed by atoms with E-state index in [1.807, 2.05) is 0 Å². The molecule has 0 amide bonds. The van der Waals surface area contributed by atoms with Crippen molar-refractivity contribution in [3.63, 3.8) is 0 Å². The molecule has 1 heterocycles. The summed E-state index contributed by atoms with van der Waals surface area (Å²) in [7, 11) is 0. The summed E-state index contributed by atoms with van der Waals surface area (Å²) in [6.07, 6.45) is 2.22. The van der Waals surface area contributed by atoms with Crippen LogP contribution in [0.1, 0.15) is 26.7 Å². The molecule has 1 fully saturated rings. The summed E-state index contributed by atoms with van der Waals surface area (Å²) < 4.78 is 5.31. The molecule has 0 unspecified atom stereocenters. The highest BCUT2D eigenvalue weighted by atomic mass is 16.5. The van der Waals surface area contributed by atoms with Crippen molar-refractivity contribution in [3.8, 4) is 0 Å². The monoisotopic (exact) mass is 169 g/mol. The predicted octanol–water partition coefficient (Wildman–Crippen LogP) is 1.72. The van der Waals surface area contributed by atoms with Crippen LogP contribution in [0.5, 0.6) is 0 Å². The maximum atomic E-state index is 5.31. The van der Waals surface area contributed by atoms with Crippen LogP contribution in [0.2, 0.25) is 0 Å². The molecule has 2 nitrogen and oxygen atoms in total. The summed E-state index contributed by atoms with van der Waals surface area (Å²) in [5, 5.41) is 3.52. The molecule has 0 saturated carbocycles. The van der Waals surface area contributed by atoms with E-state index in [0.717, 1.165) is 32.6 Å². The van der Waals surface area contributed by atoms with Crippen LogP contribution in [0.3, 0.4) is 0 Å². The maximum Gasteiger partial charge on any atom is 0.0483 e. The summed E-state index contributed by atoms with van der Waals surface area (Å²) >= 11 is 0. The molecule has 70 valence electrons. The third kappa shape index (κ3) is 2.95. The van der Waals surface area contributed by atoms with Crippen molar-refractivity contribution in [3.05, 3.63) is 12.2 Å². The predicted molar refractivity (Wildman–Crippen MR) is 51.3 cm³/mol. The third-order valence-corrected chi connectivity index (χ3v) is 2.41. The Kier molecular flexibility index (Phi) is 3.29. The van der Waals surface area contributed by atoms with Crippen LogP contribution >= 0.6 is 0 Å². The Bertz CT molecular complexity index is 159. The van der Waals surface area contributed by atoms with Gasteiger partial charge in [0.15, 0.2) is 0 Å². The van der Waals surface area contributed by atoms with Gasteiger partial charge < -0.3 is 10.1 Å². The van der Waals surface area contributed by atoms with E-state index < -0.39 is 0 Å². The van der Waals surface area contributed by atoms with Crippen LogP contribution in [-0.4, -0.2) is 25.3 Å². The van der Waals surface area contributed by atoms with E-state index in [4.69, 9.17) is 4.74 Å². The highest BCUT2D eigenvalue weighted by Crippen LogP contribution is 2.19. The Labute approximate surface area is 75.0 Å². The molecule has 0 aromatic heterocycles. The van der Waals surface area contributed by atoms with E-state index in [0.29, 0.717) is 0 Å². The third-order valence-electron chi connectivity index (χ3n) is 2.41. The van der Waals surface area contributed by atoms with Crippen molar-refractivity contribution in [2.24, 2.45) is 0 Å². The summed E-state index contributed by atoms with van der Waals surface area (Å²) in [5.74, 6) is 0. The number of hydrogen-bond donors (Lipinski definition) is 1. The molecule has 12 heavy (non-hydrogen) atoms. The molecule has 0 aromatic rings. The Hall–Kier alpha value is -0.340. The number of hydrogen-bond acceptors (Lipinski definition) is 2. The minimum atomic E-state index is 0.275. The second kappa shape index (κ2) is 4.06. The maximum absolute atomic E-state index is 5.31. The highest BCUT2D eigenvalue weighted by Gasteiger charge is 2.25. The van der Waals surface area contributed by atoms with E-state index in [1.54, 1.807) is 0 Å². The fraction of sp³-hybridized carbons (Fsp3) is 0.800. The fourth-order valence-corrected chi connectivity index (χ4v) is 1.36. The smallest absolute Gasteiger partial charge is 0.0483 e. The normalized spacial score (nSPS) is 22.2. The molecule has 0 radical (unpaired) electrons. The van der Waals surface area contributed by atoms with Gasteiger partial charge in [-0.1, -0.05) is 12.2 Å². The van der Waals surface area contributed by atoms with Gasteiger partial charge in [-0.25, -0.2) is 0 Å². The van der Waals surface area contributed by atoms with Crippen LogP contribution in [0.4, 0.5) is 0 Å². The first-order valence-corrected chi connectivity index (χ1v) is 4.60. The topological polar surface area (TPSA) is 21.3 Å². The Morgan fingerprint density at radius 3 is 2.58 bits per heavy atom. The first-order valence-electron chi connectivity index (χ1n) is 4.60. The van der Waals surface area contributed by atoms with Gasteiger partial charge in [0.05, 0.1) is 0 Å². The van der Waals surface area contributed by atoms with Crippen molar-refractivity contribution >= 4 is 0 Å². The van der Waals surface area contributed by atoms with Gasteiger partial charge in [0, 0.05) is 25.3 Å². The van der Waals surface area contributed by atoms with Crippen molar-refractivity contribution in [1.29, 1.82) is 0 Å². The molecule has 0 aromatic carbocycles. The first kappa shape index (κ1) is 9.75. The fourth-order valence-electron chi connectivity index (χ4n) is 1.36. The Morgan fingerprint density at radius 2 is 2.08 bits per heavy atom. The minimum Gasteiger partial charge on any atom is -0.381 e. The molecule has 0 bridgehead atoms. The lowest BCUT2D eigenvalue weighted by atomic mass is 9.92. The minimum absolute atomic E-state index is 0.275. The van der Waals surface area contributed by atoms with Crippen LogP contribution in [0.15, 0.2) is 12.2 Å². The van der Waals surface area contributed by atoms with Crippen LogP contribution in [-0.2, 0) is 4.74 Å². The van der Waals surface area contributed by atoms with Crippen LogP contribution in [0.25, 0.3) is 0 Å². The molecule has 1 aliphatic rings. The molecule has 0 atom stereocenters. The molecule has 0 aliphatic carbocycles. The lowest BCUT2D eigenvalue weighted by Crippen LogP contribution is -2.47. The van der Waals surface area contributed by atoms with Crippen LogP contribution in [0, 0.1) is 0 Å². The molecule has 1 rings (SSSR count). The van der Waals surface area contributed by atoms with E-state index in [-0.39, 0.29) is 5.54 Å². The van der Waals surface area contributed by atoms with E-state index in [9.17, 15) is 0 Å². The SMILES string of the molecule is C=C(C)CNC1(C)CCOCC1. The van der Waals surface area contributed by atoms with Gasteiger partial charge in [0.1, 0.15) is 0 Å². The van der Waals surface area contributed by atoms with Crippen molar-refractivity contribution in [2.75, 3.05) is 19.8 Å². The number of nitrogens with one attached hydrogen (secondary N) is 1. The Balaban J connectivity index is 2.31. The average Bonchev–Trinajstić information content (AvgIpc) is 2.03. The molecule has 1 N–H and O–H groups in total. The standard InChI is InChI=1S/C10H19NO/c1-9(2)8-11-10(3)4-6-12-7-5-10/h11H,1,4-8H2,2-3H3. The molecular weight excluding hydrogens is 150 g/mol. The zero-order chi connectivity index (χ0) is 9.03. The second-order valence-corrected chi connectivity index (χ2v) is 3.98. The summed E-state index contributed by atoms with van der Waals surface area (Å²) in [6.45, 7) is 10.9. The zero-order valence-corrected chi connectivity index (χ0v) is 8.15. The van der Waals surface area contributed by atoms with Crippen molar-refractivity contribution < 1.29 is 4.74 Å². The van der Waals surface area contributed by atoms with Gasteiger partial charge in [-0.3, -0.25) is 0 Å². The molecule has 0 spiro atoms. The largest absolute Gasteiger partial charge is 0.381 e. The first-order chi connectivity index (χ1) is 5.62. The summed E-state index contributed by atoms with van der Waals surface area (Å²) in [6, 6.07) is 0. The summed E-state index contributed by atoms with van der Waals surface area (Å²) in [5.41, 5.74) is 1.47. The van der Waals surface area contributed by atoms with Gasteiger partial charge in [-0.2, -0.15) is 0 Å². The van der Waals surface area contributed by atoms with Gasteiger partial charge in [0.25, 0.3) is 0 Å². The van der Waals surface area contributed by atoms with Gasteiger partial charge in [-0.05, 0) is 26.7 Å². The van der Waals surface area contributed by atoms with Crippen LogP contribution < -0.4 is 5.32 Å². The van der Waals surface area contributed by atoms with Gasteiger partial charge in [0.2, 0.25) is 0 Å². The summed E-state index contributed by atoms with van der Waals surface area (Å²) in [4.78, 5) is 0.